The summed E-state index contributed by atoms with van der Waals surface area (Å²) < 4.78 is 6.38. The van der Waals surface area contributed by atoms with Crippen molar-refractivity contribution in [2.24, 2.45) is 0 Å². The molecule has 0 amide bonds. The Balaban J connectivity index is 2.50. The smallest absolute Gasteiger partial charge is 0.142 e. The van der Waals surface area contributed by atoms with E-state index in [1.54, 1.807) is 0 Å². The predicted molar refractivity (Wildman–Crippen MR) is 45.8 cm³/mol. The Morgan fingerprint density at radius 2 is 2.55 bits per heavy atom. The number of ether oxygens (including phenoxy) is 1. The van der Waals surface area contributed by atoms with Crippen LogP contribution in [0.15, 0.2) is 16.7 Å². The fourth-order valence-electron chi connectivity index (χ4n) is 1.21. The lowest BCUT2D eigenvalue weighted by Crippen LogP contribution is -1.94. The molecule has 1 aromatic rings. The molecular formula is C8H8BrNO. The number of hydrogen-bond donors (Lipinski definition) is 0. The summed E-state index contributed by atoms with van der Waals surface area (Å²) in [7, 11) is 0. The van der Waals surface area contributed by atoms with E-state index in [4.69, 9.17) is 4.74 Å². The van der Waals surface area contributed by atoms with Crippen LogP contribution in [0, 0.1) is 0 Å². The molecular weight excluding hydrogens is 206 g/mol. The van der Waals surface area contributed by atoms with Crippen LogP contribution in [-0.2, 0) is 0 Å². The highest BCUT2D eigenvalue weighted by Crippen LogP contribution is 2.32. The average Bonchev–Trinajstić information content (AvgIpc) is 2.32. The van der Waals surface area contributed by atoms with Gasteiger partial charge in [-0.2, -0.15) is 0 Å². The maximum Gasteiger partial charge on any atom is 0.142 e. The van der Waals surface area contributed by atoms with Crippen molar-refractivity contribution < 1.29 is 4.74 Å². The Morgan fingerprint density at radius 1 is 1.73 bits per heavy atom. The number of rotatable bonds is 0. The third-order valence-corrected chi connectivity index (χ3v) is 2.24. The quantitative estimate of drug-likeness (QED) is 0.661. The normalized spacial score (nSPS) is 21.1. The highest BCUT2D eigenvalue weighted by atomic mass is 79.9. The molecule has 0 bridgehead atoms. The molecule has 1 aliphatic heterocycles. The molecule has 0 aliphatic carbocycles. The van der Waals surface area contributed by atoms with Gasteiger partial charge in [-0.05, 0) is 22.0 Å². The lowest BCUT2D eigenvalue weighted by molar-refractivity contribution is 0.337. The number of aromatic nitrogens is 1. The predicted octanol–water partition coefficient (Wildman–Crippen LogP) is 2.34. The van der Waals surface area contributed by atoms with E-state index in [-0.39, 0.29) is 0 Å². The monoisotopic (exact) mass is 213 g/mol. The zero-order valence-electron chi connectivity index (χ0n) is 6.17. The average molecular weight is 214 g/mol. The van der Waals surface area contributed by atoms with Crippen molar-refractivity contribution in [3.63, 3.8) is 0 Å². The third-order valence-electron chi connectivity index (χ3n) is 1.80. The zero-order valence-corrected chi connectivity index (χ0v) is 7.76. The van der Waals surface area contributed by atoms with Crippen LogP contribution in [0.1, 0.15) is 18.5 Å². The number of hydrogen-bond acceptors (Lipinski definition) is 2. The van der Waals surface area contributed by atoms with Crippen molar-refractivity contribution >= 4 is 15.9 Å². The molecule has 0 saturated heterocycles. The molecule has 0 saturated carbocycles. The van der Waals surface area contributed by atoms with Crippen molar-refractivity contribution in [3.8, 4) is 5.75 Å². The van der Waals surface area contributed by atoms with Gasteiger partial charge in [-0.25, -0.2) is 0 Å². The van der Waals surface area contributed by atoms with Crippen LogP contribution in [0.4, 0.5) is 0 Å². The molecule has 2 heterocycles. The number of fused-ring (bicyclic) bond motifs is 1. The van der Waals surface area contributed by atoms with Crippen LogP contribution >= 0.6 is 15.9 Å². The van der Waals surface area contributed by atoms with Crippen LogP contribution in [-0.4, -0.2) is 11.6 Å². The topological polar surface area (TPSA) is 22.1 Å². The van der Waals surface area contributed by atoms with Gasteiger partial charge in [0.1, 0.15) is 5.75 Å². The van der Waals surface area contributed by atoms with Crippen LogP contribution in [0.3, 0.4) is 0 Å². The molecule has 0 spiro atoms. The minimum absolute atomic E-state index is 0.443. The second kappa shape index (κ2) is 2.48. The molecule has 2 nitrogen and oxygen atoms in total. The second-order valence-electron chi connectivity index (χ2n) is 2.75. The van der Waals surface area contributed by atoms with Gasteiger partial charge in [-0.15, -0.1) is 0 Å². The van der Waals surface area contributed by atoms with Crippen molar-refractivity contribution in [2.45, 2.75) is 12.8 Å². The van der Waals surface area contributed by atoms with Crippen LogP contribution in [0.2, 0.25) is 0 Å². The summed E-state index contributed by atoms with van der Waals surface area (Å²) in [6.45, 7) is 2.88. The van der Waals surface area contributed by atoms with Crippen LogP contribution in [0.25, 0.3) is 0 Å². The summed E-state index contributed by atoms with van der Waals surface area (Å²) in [5.74, 6) is 1.37. The zero-order chi connectivity index (χ0) is 7.84. The van der Waals surface area contributed by atoms with E-state index in [0.29, 0.717) is 5.92 Å². The molecule has 0 radical (unpaired) electrons. The second-order valence-corrected chi connectivity index (χ2v) is 3.66. The summed E-state index contributed by atoms with van der Waals surface area (Å²) in [5.41, 5.74) is 1.08. The summed E-state index contributed by atoms with van der Waals surface area (Å²) in [5, 5.41) is 0. The van der Waals surface area contributed by atoms with E-state index in [0.717, 1.165) is 22.5 Å². The minimum Gasteiger partial charge on any atom is -0.491 e. The Bertz CT molecular complexity index is 287. The molecule has 0 N–H and O–H groups in total. The van der Waals surface area contributed by atoms with Gasteiger partial charge in [-0.1, -0.05) is 6.92 Å². The van der Waals surface area contributed by atoms with Crippen molar-refractivity contribution in [3.05, 3.63) is 22.4 Å². The van der Waals surface area contributed by atoms with Gasteiger partial charge in [0.15, 0.2) is 0 Å². The van der Waals surface area contributed by atoms with Crippen molar-refractivity contribution in [1.29, 1.82) is 0 Å². The number of nitrogens with zero attached hydrogens (tertiary/aromatic N) is 1. The Morgan fingerprint density at radius 3 is 3.36 bits per heavy atom. The SMILES string of the molecule is CC1COc2cc(Br)cnc21. The Labute approximate surface area is 73.7 Å². The van der Waals surface area contributed by atoms with Gasteiger partial charge in [0.25, 0.3) is 0 Å². The summed E-state index contributed by atoms with van der Waals surface area (Å²) >= 11 is 3.34. The standard InChI is InChI=1S/C8H8BrNO/c1-5-4-11-7-2-6(9)3-10-8(5)7/h2-3,5H,4H2,1H3. The lowest BCUT2D eigenvalue weighted by Gasteiger charge is -1.97. The fraction of sp³-hybridized carbons (Fsp3) is 0.375. The molecule has 0 aromatic carbocycles. The van der Waals surface area contributed by atoms with Crippen molar-refractivity contribution in [2.75, 3.05) is 6.61 Å². The fourth-order valence-corrected chi connectivity index (χ4v) is 1.52. The van der Waals surface area contributed by atoms with Gasteiger partial charge < -0.3 is 4.74 Å². The van der Waals surface area contributed by atoms with E-state index < -0.39 is 0 Å². The molecule has 1 unspecified atom stereocenters. The van der Waals surface area contributed by atoms with Crippen LogP contribution < -0.4 is 4.74 Å². The first-order valence-corrected chi connectivity index (χ1v) is 4.35. The molecule has 0 fully saturated rings. The van der Waals surface area contributed by atoms with E-state index >= 15 is 0 Å². The van der Waals surface area contributed by atoms with E-state index in [2.05, 4.69) is 27.8 Å². The molecule has 11 heavy (non-hydrogen) atoms. The third kappa shape index (κ3) is 1.13. The van der Waals surface area contributed by atoms with Gasteiger partial charge in [0.05, 0.1) is 12.3 Å². The first-order valence-electron chi connectivity index (χ1n) is 3.55. The molecule has 1 aliphatic rings. The summed E-state index contributed by atoms with van der Waals surface area (Å²) in [4.78, 5) is 4.27. The molecule has 3 heteroatoms. The first-order chi connectivity index (χ1) is 5.27. The Hall–Kier alpha value is -0.570. The Kier molecular flexibility index (Phi) is 1.60. The van der Waals surface area contributed by atoms with Crippen LogP contribution in [0.5, 0.6) is 5.75 Å². The maximum atomic E-state index is 5.40. The highest BCUT2D eigenvalue weighted by molar-refractivity contribution is 9.10. The van der Waals surface area contributed by atoms with Gasteiger partial charge >= 0.3 is 0 Å². The molecule has 2 rings (SSSR count). The first kappa shape index (κ1) is 7.10. The van der Waals surface area contributed by atoms with E-state index in [1.165, 1.54) is 0 Å². The summed E-state index contributed by atoms with van der Waals surface area (Å²) in [6.07, 6.45) is 1.81. The summed E-state index contributed by atoms with van der Waals surface area (Å²) in [6, 6.07) is 1.96. The van der Waals surface area contributed by atoms with Gasteiger partial charge in [0.2, 0.25) is 0 Å². The molecule has 1 aromatic heterocycles. The van der Waals surface area contributed by atoms with Gasteiger partial charge in [-0.3, -0.25) is 4.98 Å². The van der Waals surface area contributed by atoms with Crippen molar-refractivity contribution in [1.82, 2.24) is 4.98 Å². The number of halogens is 1. The molecule has 58 valence electrons. The lowest BCUT2D eigenvalue weighted by atomic mass is 10.1. The number of pyridine rings is 1. The van der Waals surface area contributed by atoms with E-state index in [9.17, 15) is 0 Å². The highest BCUT2D eigenvalue weighted by Gasteiger charge is 2.21. The minimum atomic E-state index is 0.443. The largest absolute Gasteiger partial charge is 0.491 e. The van der Waals surface area contributed by atoms with E-state index in [1.807, 2.05) is 12.3 Å². The maximum absolute atomic E-state index is 5.40. The van der Waals surface area contributed by atoms with Gasteiger partial charge in [0, 0.05) is 16.6 Å². The molecule has 1 atom stereocenters.